The smallest absolute Gasteiger partial charge is 0.316 e. The highest BCUT2D eigenvalue weighted by atomic mass is 32.2. The van der Waals surface area contributed by atoms with E-state index in [2.05, 4.69) is 10.3 Å². The van der Waals surface area contributed by atoms with Crippen molar-refractivity contribution in [3.05, 3.63) is 40.2 Å². The molecule has 0 spiro atoms. The Hall–Kier alpha value is -3.39. The number of carbonyl (C=O) groups is 1. The number of hydrogen-bond donors (Lipinski definition) is 4. The van der Waals surface area contributed by atoms with Crippen molar-refractivity contribution in [2.24, 2.45) is 5.73 Å². The Morgan fingerprint density at radius 3 is 2.43 bits per heavy atom. The summed E-state index contributed by atoms with van der Waals surface area (Å²) < 4.78 is 24.7. The monoisotopic (exact) mass is 335 g/mol. The normalized spacial score (nSPS) is 10.7. The minimum atomic E-state index is -4.23. The number of sulfone groups is 1. The molecule has 1 aromatic carbocycles. The third-order valence-corrected chi connectivity index (χ3v) is 4.27. The lowest BCUT2D eigenvalue weighted by atomic mass is 10.3. The van der Waals surface area contributed by atoms with Crippen LogP contribution in [0.4, 0.5) is 10.5 Å². The van der Waals surface area contributed by atoms with Crippen LogP contribution in [0.3, 0.4) is 0 Å². The van der Waals surface area contributed by atoms with Gasteiger partial charge in [0.2, 0.25) is 20.9 Å². The van der Waals surface area contributed by atoms with E-state index in [0.29, 0.717) is 0 Å². The van der Waals surface area contributed by atoms with Crippen molar-refractivity contribution in [3.8, 4) is 11.9 Å². The number of hydrogen-bond acceptors (Lipinski definition) is 7. The molecule has 5 N–H and O–H groups in total. The van der Waals surface area contributed by atoms with Crippen LogP contribution in [0.2, 0.25) is 0 Å². The molecule has 0 saturated carbocycles. The molecule has 0 aliphatic carbocycles. The van der Waals surface area contributed by atoms with Crippen molar-refractivity contribution in [1.29, 1.82) is 5.26 Å². The van der Waals surface area contributed by atoms with Crippen molar-refractivity contribution in [2.75, 3.05) is 5.32 Å². The molecule has 0 unspecified atom stereocenters. The number of primary amides is 1. The Morgan fingerprint density at radius 2 is 1.96 bits per heavy atom. The second kappa shape index (κ2) is 5.78. The van der Waals surface area contributed by atoms with Gasteiger partial charge in [-0.2, -0.15) is 10.2 Å². The van der Waals surface area contributed by atoms with E-state index < -0.39 is 38.0 Å². The summed E-state index contributed by atoms with van der Waals surface area (Å²) in [5, 5.41) is 19.5. The zero-order chi connectivity index (χ0) is 17.2. The third kappa shape index (κ3) is 3.11. The van der Waals surface area contributed by atoms with Crippen LogP contribution in [0.1, 0.15) is 5.56 Å². The van der Waals surface area contributed by atoms with Crippen molar-refractivity contribution in [1.82, 2.24) is 9.97 Å². The molecule has 0 atom stereocenters. The highest BCUT2D eigenvalue weighted by Gasteiger charge is 2.23. The van der Waals surface area contributed by atoms with E-state index in [4.69, 9.17) is 11.0 Å². The maximum atomic E-state index is 12.3. The molecule has 11 heteroatoms. The number of aromatic nitrogens is 2. The van der Waals surface area contributed by atoms with E-state index in [1.54, 1.807) is 0 Å². The first-order valence-corrected chi connectivity index (χ1v) is 7.39. The summed E-state index contributed by atoms with van der Waals surface area (Å²) in [6.07, 6.45) is 0. The van der Waals surface area contributed by atoms with Crippen LogP contribution in [-0.2, 0) is 9.84 Å². The van der Waals surface area contributed by atoms with E-state index >= 15 is 0 Å². The summed E-state index contributed by atoms with van der Waals surface area (Å²) in [7, 11) is -4.23. The zero-order valence-electron chi connectivity index (χ0n) is 11.3. The maximum Gasteiger partial charge on any atom is 0.316 e. The average Bonchev–Trinajstić information content (AvgIpc) is 2.46. The fourth-order valence-corrected chi connectivity index (χ4v) is 2.79. The van der Waals surface area contributed by atoms with Gasteiger partial charge in [-0.25, -0.2) is 13.2 Å². The minimum Gasteiger partial charge on any atom is -0.492 e. The molecule has 0 saturated heterocycles. The highest BCUT2D eigenvalue weighted by Crippen LogP contribution is 2.20. The predicted octanol–water partition coefficient (Wildman–Crippen LogP) is -0.329. The molecule has 10 nitrogen and oxygen atoms in total. The fourth-order valence-electron chi connectivity index (χ4n) is 1.64. The van der Waals surface area contributed by atoms with Gasteiger partial charge in [-0.15, -0.1) is 0 Å². The number of rotatable bonds is 3. The van der Waals surface area contributed by atoms with Crippen LogP contribution >= 0.6 is 0 Å². The number of urea groups is 1. The first kappa shape index (κ1) is 16.0. The van der Waals surface area contributed by atoms with Crippen LogP contribution in [-0.4, -0.2) is 29.5 Å². The Bertz CT molecular complexity index is 972. The van der Waals surface area contributed by atoms with Crippen molar-refractivity contribution in [3.63, 3.8) is 0 Å². The van der Waals surface area contributed by atoms with Crippen molar-refractivity contribution >= 4 is 21.6 Å². The van der Waals surface area contributed by atoms with Crippen LogP contribution in [0.5, 0.6) is 5.88 Å². The van der Waals surface area contributed by atoms with Crippen LogP contribution in [0.25, 0.3) is 0 Å². The number of nitriles is 1. The molecule has 118 valence electrons. The fraction of sp³-hybridized carbons (Fsp3) is 0. The number of carbonyl (C=O) groups excluding carboxylic acids is 1. The van der Waals surface area contributed by atoms with E-state index in [1.807, 2.05) is 4.98 Å². The maximum absolute atomic E-state index is 12.3. The number of benzene rings is 1. The molecule has 0 radical (unpaired) electrons. The molecule has 2 aromatic rings. The van der Waals surface area contributed by atoms with E-state index in [9.17, 15) is 23.1 Å². The van der Waals surface area contributed by atoms with Gasteiger partial charge in [0, 0.05) is 5.69 Å². The Labute approximate surface area is 129 Å². The summed E-state index contributed by atoms with van der Waals surface area (Å²) in [5.41, 5.74) is 3.42. The lowest BCUT2D eigenvalue weighted by Crippen LogP contribution is -2.19. The van der Waals surface area contributed by atoms with Crippen molar-refractivity contribution < 1.29 is 18.3 Å². The second-order valence-electron chi connectivity index (χ2n) is 4.20. The number of aromatic hydroxyl groups is 1. The number of anilines is 1. The largest absolute Gasteiger partial charge is 0.492 e. The second-order valence-corrected chi connectivity index (χ2v) is 6.06. The topological polar surface area (TPSA) is 179 Å². The Balaban J connectivity index is 2.49. The lowest BCUT2D eigenvalue weighted by molar-refractivity contribution is 0.259. The van der Waals surface area contributed by atoms with Gasteiger partial charge >= 0.3 is 6.03 Å². The molecule has 1 aromatic heterocycles. The lowest BCUT2D eigenvalue weighted by Gasteiger charge is -2.06. The third-order valence-electron chi connectivity index (χ3n) is 2.68. The molecular formula is C12H9N5O5S. The van der Waals surface area contributed by atoms with E-state index in [-0.39, 0.29) is 10.6 Å². The molecular weight excluding hydrogens is 326 g/mol. The molecule has 2 rings (SSSR count). The number of nitrogens with zero attached hydrogens (tertiary/aromatic N) is 2. The van der Waals surface area contributed by atoms with Gasteiger partial charge in [-0.3, -0.25) is 9.78 Å². The molecule has 1 heterocycles. The van der Waals surface area contributed by atoms with Crippen LogP contribution in [0, 0.1) is 11.3 Å². The highest BCUT2D eigenvalue weighted by molar-refractivity contribution is 7.91. The van der Waals surface area contributed by atoms with Gasteiger partial charge in [-0.05, 0) is 24.3 Å². The first-order chi connectivity index (χ1) is 10.8. The summed E-state index contributed by atoms with van der Waals surface area (Å²) in [4.78, 5) is 27.2. The summed E-state index contributed by atoms with van der Waals surface area (Å²) in [5.74, 6) is -0.984. The standard InChI is InChI=1S/C12H9N5O5S/c13-5-8-9(18)16-12(17-10(8)19)23(21,22)7-3-1-6(2-4-7)15-11(14)20/h1-4H,(H3,14,15,20)(H2,16,17,18,19). The molecule has 0 aliphatic heterocycles. The Morgan fingerprint density at radius 1 is 1.35 bits per heavy atom. The SMILES string of the molecule is N#Cc1c(O)nc(S(=O)(=O)c2ccc(NC(N)=O)cc2)[nH]c1=O. The van der Waals surface area contributed by atoms with Gasteiger partial charge in [0.25, 0.3) is 5.56 Å². The van der Waals surface area contributed by atoms with Crippen LogP contribution < -0.4 is 16.6 Å². The quantitative estimate of drug-likeness (QED) is 0.554. The average molecular weight is 335 g/mol. The Kier molecular flexibility index (Phi) is 4.02. The molecule has 0 aliphatic rings. The van der Waals surface area contributed by atoms with Crippen LogP contribution in [0.15, 0.2) is 39.1 Å². The van der Waals surface area contributed by atoms with Crippen molar-refractivity contribution in [2.45, 2.75) is 10.1 Å². The molecule has 0 fully saturated rings. The first-order valence-electron chi connectivity index (χ1n) is 5.90. The van der Waals surface area contributed by atoms with Gasteiger partial charge in [-0.1, -0.05) is 0 Å². The van der Waals surface area contributed by atoms with Gasteiger partial charge in [0.15, 0.2) is 5.56 Å². The number of nitrogens with two attached hydrogens (primary N) is 1. The minimum absolute atomic E-state index is 0.250. The van der Waals surface area contributed by atoms with Gasteiger partial charge < -0.3 is 16.2 Å². The predicted molar refractivity (Wildman–Crippen MR) is 76.3 cm³/mol. The number of aromatic amines is 1. The number of amides is 2. The molecule has 23 heavy (non-hydrogen) atoms. The summed E-state index contributed by atoms with van der Waals surface area (Å²) >= 11 is 0. The van der Waals surface area contributed by atoms with E-state index in [0.717, 1.165) is 12.1 Å². The zero-order valence-corrected chi connectivity index (χ0v) is 12.1. The van der Waals surface area contributed by atoms with Gasteiger partial charge in [0.1, 0.15) is 6.07 Å². The van der Waals surface area contributed by atoms with Gasteiger partial charge in [0.05, 0.1) is 4.90 Å². The van der Waals surface area contributed by atoms with E-state index in [1.165, 1.54) is 18.2 Å². The number of H-pyrrole nitrogens is 1. The number of nitrogens with one attached hydrogen (secondary N) is 2. The molecule has 0 bridgehead atoms. The molecule has 2 amide bonds. The summed E-state index contributed by atoms with van der Waals surface area (Å²) in [6, 6.07) is 5.44. The summed E-state index contributed by atoms with van der Waals surface area (Å²) in [6.45, 7) is 0.